The third-order valence-electron chi connectivity index (χ3n) is 3.18. The summed E-state index contributed by atoms with van der Waals surface area (Å²) in [5, 5.41) is 8.51. The largest absolute Gasteiger partial charge is 0.481 e. The van der Waals surface area contributed by atoms with E-state index in [0.29, 0.717) is 6.42 Å². The molecule has 0 spiro atoms. The molecule has 0 aromatic heterocycles. The van der Waals surface area contributed by atoms with Crippen molar-refractivity contribution >= 4 is 5.97 Å². The van der Waals surface area contributed by atoms with Crippen molar-refractivity contribution in [1.82, 2.24) is 9.80 Å². The highest BCUT2D eigenvalue weighted by atomic mass is 16.4. The number of nitrogens with zero attached hydrogens (tertiary/aromatic N) is 2. The number of carbonyl (C=O) groups is 1. The third-order valence-corrected chi connectivity index (χ3v) is 3.18. The summed E-state index contributed by atoms with van der Waals surface area (Å²) in [7, 11) is 2.12. The van der Waals surface area contributed by atoms with Crippen LogP contribution < -0.4 is 0 Å². The maximum absolute atomic E-state index is 10.3. The highest BCUT2D eigenvalue weighted by molar-refractivity contribution is 5.66. The fourth-order valence-electron chi connectivity index (χ4n) is 2.09. The topological polar surface area (TPSA) is 43.8 Å². The normalized spacial score (nSPS) is 17.1. The highest BCUT2D eigenvalue weighted by Gasteiger charge is 2.11. The molecular weight excluding hydrogens is 204 g/mol. The van der Waals surface area contributed by atoms with Crippen LogP contribution in [0.3, 0.4) is 0 Å². The van der Waals surface area contributed by atoms with Crippen LogP contribution in [0.25, 0.3) is 0 Å². The number of aliphatic carboxylic acids is 1. The van der Waals surface area contributed by atoms with Crippen LogP contribution in [0.15, 0.2) is 0 Å². The molecule has 1 aliphatic rings. The first-order chi connectivity index (χ1) is 7.68. The predicted molar refractivity (Wildman–Crippen MR) is 64.7 cm³/mol. The number of hydrogen-bond acceptors (Lipinski definition) is 3. The van der Waals surface area contributed by atoms with E-state index in [0.717, 1.165) is 32.5 Å². The second-order valence-electron chi connectivity index (χ2n) is 4.70. The minimum atomic E-state index is -0.681. The molecule has 1 fully saturated rings. The zero-order valence-corrected chi connectivity index (χ0v) is 10.3. The van der Waals surface area contributed by atoms with Crippen molar-refractivity contribution in [3.63, 3.8) is 0 Å². The lowest BCUT2D eigenvalue weighted by Gasteiger charge is -2.21. The number of hydrogen-bond donors (Lipinski definition) is 1. The van der Waals surface area contributed by atoms with Crippen molar-refractivity contribution in [1.29, 1.82) is 0 Å². The molecule has 4 heteroatoms. The van der Waals surface area contributed by atoms with Crippen molar-refractivity contribution in [3.05, 3.63) is 0 Å². The van der Waals surface area contributed by atoms with Crippen LogP contribution in [0.4, 0.5) is 0 Å². The Morgan fingerprint density at radius 3 is 2.56 bits per heavy atom. The Kier molecular flexibility index (Phi) is 6.42. The van der Waals surface area contributed by atoms with Crippen molar-refractivity contribution in [2.45, 2.75) is 32.1 Å². The van der Waals surface area contributed by atoms with Gasteiger partial charge in [0.15, 0.2) is 0 Å². The molecule has 1 saturated heterocycles. The van der Waals surface area contributed by atoms with Crippen LogP contribution in [0, 0.1) is 0 Å². The van der Waals surface area contributed by atoms with Crippen LogP contribution in [0.5, 0.6) is 0 Å². The van der Waals surface area contributed by atoms with Crippen LogP contribution in [-0.2, 0) is 4.79 Å². The fraction of sp³-hybridized carbons (Fsp3) is 0.917. The highest BCUT2D eigenvalue weighted by Crippen LogP contribution is 2.06. The maximum Gasteiger partial charge on any atom is 0.303 e. The van der Waals surface area contributed by atoms with Crippen molar-refractivity contribution < 1.29 is 9.90 Å². The number of rotatable bonds is 8. The zero-order chi connectivity index (χ0) is 11.8. The van der Waals surface area contributed by atoms with Crippen molar-refractivity contribution in [3.8, 4) is 0 Å². The molecule has 0 unspecified atom stereocenters. The molecule has 16 heavy (non-hydrogen) atoms. The Labute approximate surface area is 98.2 Å². The Balaban J connectivity index is 1.93. The van der Waals surface area contributed by atoms with Gasteiger partial charge in [-0.25, -0.2) is 0 Å². The minimum absolute atomic E-state index is 0.306. The molecule has 0 aromatic rings. The molecule has 0 aliphatic carbocycles. The van der Waals surface area contributed by atoms with Gasteiger partial charge >= 0.3 is 5.97 Å². The fourth-order valence-corrected chi connectivity index (χ4v) is 2.09. The summed E-state index contributed by atoms with van der Waals surface area (Å²) in [6.07, 6.45) is 4.79. The minimum Gasteiger partial charge on any atom is -0.481 e. The molecule has 0 atom stereocenters. The summed E-state index contributed by atoms with van der Waals surface area (Å²) >= 11 is 0. The van der Waals surface area contributed by atoms with E-state index in [2.05, 4.69) is 16.8 Å². The van der Waals surface area contributed by atoms with Gasteiger partial charge in [-0.2, -0.15) is 0 Å². The number of carboxylic acids is 1. The van der Waals surface area contributed by atoms with E-state index in [4.69, 9.17) is 5.11 Å². The average Bonchev–Trinajstić information content (AvgIpc) is 2.74. The lowest BCUT2D eigenvalue weighted by atomic mass is 10.2. The molecule has 0 bridgehead atoms. The van der Waals surface area contributed by atoms with Crippen LogP contribution >= 0.6 is 0 Å². The lowest BCUT2D eigenvalue weighted by Crippen LogP contribution is -2.32. The Morgan fingerprint density at radius 2 is 1.94 bits per heavy atom. The van der Waals surface area contributed by atoms with Crippen LogP contribution in [0.2, 0.25) is 0 Å². The second-order valence-corrected chi connectivity index (χ2v) is 4.70. The molecule has 1 aliphatic heterocycles. The quantitative estimate of drug-likeness (QED) is 0.635. The van der Waals surface area contributed by atoms with E-state index in [1.54, 1.807) is 0 Å². The first kappa shape index (κ1) is 13.5. The number of likely N-dealkylation sites (tertiary alicyclic amines) is 1. The van der Waals surface area contributed by atoms with Gasteiger partial charge in [0, 0.05) is 19.5 Å². The summed E-state index contributed by atoms with van der Waals surface area (Å²) in [6.45, 7) is 5.79. The van der Waals surface area contributed by atoms with Crippen molar-refractivity contribution in [2.75, 3.05) is 39.8 Å². The van der Waals surface area contributed by atoms with Gasteiger partial charge in [0.2, 0.25) is 0 Å². The van der Waals surface area contributed by atoms with Gasteiger partial charge in [-0.05, 0) is 52.4 Å². The Morgan fingerprint density at radius 1 is 1.25 bits per heavy atom. The van der Waals surface area contributed by atoms with E-state index < -0.39 is 5.97 Å². The Bertz CT molecular complexity index is 203. The van der Waals surface area contributed by atoms with Gasteiger partial charge in [0.05, 0.1) is 0 Å². The molecule has 94 valence electrons. The standard InChI is InChI=1S/C12H24N2O2/c1-13(7-3-2-6-12(15)16)10-11-14-8-4-5-9-14/h2-11H2,1H3,(H,15,16). The molecule has 0 aromatic carbocycles. The van der Waals surface area contributed by atoms with Gasteiger partial charge < -0.3 is 14.9 Å². The second kappa shape index (κ2) is 7.63. The van der Waals surface area contributed by atoms with E-state index >= 15 is 0 Å². The van der Waals surface area contributed by atoms with Crippen molar-refractivity contribution in [2.24, 2.45) is 0 Å². The summed E-state index contributed by atoms with van der Waals surface area (Å²) < 4.78 is 0. The van der Waals surface area contributed by atoms with Gasteiger partial charge in [-0.3, -0.25) is 4.79 Å². The first-order valence-electron chi connectivity index (χ1n) is 6.31. The monoisotopic (exact) mass is 228 g/mol. The van der Waals surface area contributed by atoms with Gasteiger partial charge in [-0.1, -0.05) is 0 Å². The SMILES string of the molecule is CN(CCCCC(=O)O)CCN1CCCC1. The summed E-state index contributed by atoms with van der Waals surface area (Å²) in [5.41, 5.74) is 0. The third kappa shape index (κ3) is 6.08. The number of carboxylic acid groups (broad SMARTS) is 1. The average molecular weight is 228 g/mol. The molecule has 4 nitrogen and oxygen atoms in total. The molecule has 1 heterocycles. The molecule has 1 rings (SSSR count). The Hall–Kier alpha value is -0.610. The number of likely N-dealkylation sites (N-methyl/N-ethyl adjacent to an activating group) is 1. The summed E-state index contributed by atoms with van der Waals surface area (Å²) in [4.78, 5) is 15.1. The molecule has 1 N–H and O–H groups in total. The molecular formula is C12H24N2O2. The van der Waals surface area contributed by atoms with Gasteiger partial charge in [0.25, 0.3) is 0 Å². The lowest BCUT2D eigenvalue weighted by molar-refractivity contribution is -0.137. The zero-order valence-electron chi connectivity index (χ0n) is 10.3. The first-order valence-corrected chi connectivity index (χ1v) is 6.31. The van der Waals surface area contributed by atoms with E-state index in [1.807, 2.05) is 0 Å². The van der Waals surface area contributed by atoms with Gasteiger partial charge in [-0.15, -0.1) is 0 Å². The maximum atomic E-state index is 10.3. The predicted octanol–water partition coefficient (Wildman–Crippen LogP) is 1.27. The van der Waals surface area contributed by atoms with E-state index in [1.165, 1.54) is 25.9 Å². The smallest absolute Gasteiger partial charge is 0.303 e. The summed E-state index contributed by atoms with van der Waals surface area (Å²) in [5.74, 6) is -0.681. The molecule has 0 saturated carbocycles. The summed E-state index contributed by atoms with van der Waals surface area (Å²) in [6, 6.07) is 0. The van der Waals surface area contributed by atoms with E-state index in [-0.39, 0.29) is 0 Å². The molecule has 0 radical (unpaired) electrons. The van der Waals surface area contributed by atoms with E-state index in [9.17, 15) is 4.79 Å². The van der Waals surface area contributed by atoms with Gasteiger partial charge in [0.1, 0.15) is 0 Å². The van der Waals surface area contributed by atoms with Crippen LogP contribution in [-0.4, -0.2) is 60.6 Å². The molecule has 0 amide bonds. The van der Waals surface area contributed by atoms with Crippen LogP contribution in [0.1, 0.15) is 32.1 Å². The number of unbranched alkanes of at least 4 members (excludes halogenated alkanes) is 1.